The monoisotopic (exact) mass is 345 g/mol. The van der Waals surface area contributed by atoms with E-state index in [0.717, 1.165) is 25.7 Å². The molecule has 1 aliphatic carbocycles. The summed E-state index contributed by atoms with van der Waals surface area (Å²) in [5.41, 5.74) is 0.0183. The summed E-state index contributed by atoms with van der Waals surface area (Å²) in [4.78, 5) is 14.8. The second kappa shape index (κ2) is 6.18. The van der Waals surface area contributed by atoms with E-state index in [1.54, 1.807) is 4.90 Å². The number of aliphatic hydroxyl groups is 1. The molecule has 2 heterocycles. The predicted octanol–water partition coefficient (Wildman–Crippen LogP) is 1.57. The van der Waals surface area contributed by atoms with Gasteiger partial charge in [-0.3, -0.25) is 4.79 Å². The number of benzene rings is 1. The van der Waals surface area contributed by atoms with Crippen molar-refractivity contribution in [3.05, 3.63) is 35.9 Å². The fourth-order valence-electron chi connectivity index (χ4n) is 4.08. The van der Waals surface area contributed by atoms with Crippen molar-refractivity contribution in [1.82, 2.24) is 25.1 Å². The number of tetrazole rings is 1. The van der Waals surface area contributed by atoms with Crippen molar-refractivity contribution in [2.24, 2.45) is 5.92 Å². The topological polar surface area (TPSA) is 84.1 Å². The lowest BCUT2D eigenvalue weighted by molar-refractivity contribution is -0.0886. The highest BCUT2D eigenvalue weighted by Gasteiger charge is 2.44. The van der Waals surface area contributed by atoms with Gasteiger partial charge < -0.3 is 10.0 Å². The summed E-state index contributed by atoms with van der Waals surface area (Å²) < 4.78 is 15.1. The standard InChI is InChI=1S/C17H20FN5O2/c18-13-4-5-15(23-11-19-20-21-23)14(9-13)16(24)22-8-7-17(25)6-2-1-3-12(17)10-22/h4-5,9,11-12,25H,1-3,6-8,10H2/t12-,17-/m0/s1. The molecule has 0 radical (unpaired) electrons. The fraction of sp³-hybridized carbons (Fsp3) is 0.529. The van der Waals surface area contributed by atoms with Gasteiger partial charge in [0.2, 0.25) is 0 Å². The maximum Gasteiger partial charge on any atom is 0.256 e. The van der Waals surface area contributed by atoms with Crippen molar-refractivity contribution in [2.45, 2.75) is 37.7 Å². The largest absolute Gasteiger partial charge is 0.389 e. The highest BCUT2D eigenvalue weighted by Crippen LogP contribution is 2.40. The Kier molecular flexibility index (Phi) is 3.99. The number of hydrogen-bond donors (Lipinski definition) is 1. The van der Waals surface area contributed by atoms with E-state index >= 15 is 0 Å². The van der Waals surface area contributed by atoms with Crippen LogP contribution in [-0.4, -0.2) is 54.8 Å². The number of halogens is 1. The maximum absolute atomic E-state index is 13.8. The molecule has 7 nitrogen and oxygen atoms in total. The molecule has 0 unspecified atom stereocenters. The van der Waals surface area contributed by atoms with Gasteiger partial charge in [-0.1, -0.05) is 12.8 Å². The first-order valence-electron chi connectivity index (χ1n) is 8.61. The summed E-state index contributed by atoms with van der Waals surface area (Å²) in [7, 11) is 0. The summed E-state index contributed by atoms with van der Waals surface area (Å²) in [6.45, 7) is 0.971. The molecule has 2 aromatic rings. The van der Waals surface area contributed by atoms with E-state index in [-0.39, 0.29) is 17.4 Å². The van der Waals surface area contributed by atoms with Gasteiger partial charge in [0.15, 0.2) is 0 Å². The van der Waals surface area contributed by atoms with Crippen LogP contribution in [0.5, 0.6) is 0 Å². The molecule has 25 heavy (non-hydrogen) atoms. The van der Waals surface area contributed by atoms with Gasteiger partial charge in [-0.2, -0.15) is 4.68 Å². The lowest BCUT2D eigenvalue weighted by Gasteiger charge is -2.47. The lowest BCUT2D eigenvalue weighted by Crippen LogP contribution is -2.54. The second-order valence-corrected chi connectivity index (χ2v) is 6.96. The van der Waals surface area contributed by atoms with E-state index in [2.05, 4.69) is 15.5 Å². The summed E-state index contributed by atoms with van der Waals surface area (Å²) in [5, 5.41) is 21.7. The van der Waals surface area contributed by atoms with Crippen LogP contribution < -0.4 is 0 Å². The Bertz CT molecular complexity index is 781. The predicted molar refractivity (Wildman–Crippen MR) is 86.5 cm³/mol. The Morgan fingerprint density at radius 1 is 1.32 bits per heavy atom. The van der Waals surface area contributed by atoms with Crippen LogP contribution in [-0.2, 0) is 0 Å². The van der Waals surface area contributed by atoms with E-state index in [4.69, 9.17) is 0 Å². The number of carbonyl (C=O) groups is 1. The smallest absolute Gasteiger partial charge is 0.256 e. The molecule has 1 saturated carbocycles. The Labute approximate surface area is 144 Å². The van der Waals surface area contributed by atoms with Gasteiger partial charge in [-0.05, 0) is 47.9 Å². The highest BCUT2D eigenvalue weighted by atomic mass is 19.1. The van der Waals surface area contributed by atoms with E-state index in [0.29, 0.717) is 25.2 Å². The van der Waals surface area contributed by atoms with Crippen molar-refractivity contribution >= 4 is 5.91 Å². The van der Waals surface area contributed by atoms with E-state index in [1.807, 2.05) is 0 Å². The van der Waals surface area contributed by atoms with Gasteiger partial charge in [-0.25, -0.2) is 4.39 Å². The first kappa shape index (κ1) is 16.1. The van der Waals surface area contributed by atoms with E-state index < -0.39 is 11.4 Å². The van der Waals surface area contributed by atoms with Gasteiger partial charge in [0.05, 0.1) is 16.9 Å². The molecule has 1 aromatic heterocycles. The Balaban J connectivity index is 1.62. The van der Waals surface area contributed by atoms with Crippen LogP contribution in [0.4, 0.5) is 4.39 Å². The van der Waals surface area contributed by atoms with Gasteiger partial charge in [0, 0.05) is 19.0 Å². The zero-order valence-electron chi connectivity index (χ0n) is 13.8. The molecular formula is C17H20FN5O2. The number of piperidine rings is 1. The normalized spacial score (nSPS) is 26.3. The van der Waals surface area contributed by atoms with Crippen molar-refractivity contribution in [3.8, 4) is 5.69 Å². The van der Waals surface area contributed by atoms with Crippen LogP contribution >= 0.6 is 0 Å². The van der Waals surface area contributed by atoms with Crippen molar-refractivity contribution in [1.29, 1.82) is 0 Å². The molecule has 8 heteroatoms. The first-order chi connectivity index (χ1) is 12.1. The minimum absolute atomic E-state index is 0.0870. The number of rotatable bonds is 2. The Hall–Kier alpha value is -2.35. The quantitative estimate of drug-likeness (QED) is 0.893. The number of fused-ring (bicyclic) bond motifs is 1. The van der Waals surface area contributed by atoms with E-state index in [1.165, 1.54) is 29.2 Å². The maximum atomic E-state index is 13.8. The van der Waals surface area contributed by atoms with Gasteiger partial charge in [0.25, 0.3) is 5.91 Å². The highest BCUT2D eigenvalue weighted by molar-refractivity contribution is 5.97. The van der Waals surface area contributed by atoms with Crippen LogP contribution in [0, 0.1) is 11.7 Å². The van der Waals surface area contributed by atoms with E-state index in [9.17, 15) is 14.3 Å². The third kappa shape index (κ3) is 2.90. The summed E-state index contributed by atoms with van der Waals surface area (Å²) >= 11 is 0. The average Bonchev–Trinajstić information content (AvgIpc) is 3.14. The average molecular weight is 345 g/mol. The van der Waals surface area contributed by atoms with Crippen molar-refractivity contribution < 1.29 is 14.3 Å². The molecule has 4 rings (SSSR count). The van der Waals surface area contributed by atoms with Crippen LogP contribution in [0.1, 0.15) is 42.5 Å². The second-order valence-electron chi connectivity index (χ2n) is 6.96. The molecule has 2 fully saturated rings. The summed E-state index contributed by atoms with van der Waals surface area (Å²) in [5.74, 6) is -0.645. The first-order valence-corrected chi connectivity index (χ1v) is 8.61. The number of hydrogen-bond acceptors (Lipinski definition) is 5. The van der Waals surface area contributed by atoms with Crippen LogP contribution in [0.3, 0.4) is 0 Å². The van der Waals surface area contributed by atoms with Gasteiger partial charge in [0.1, 0.15) is 12.1 Å². The molecular weight excluding hydrogens is 325 g/mol. The number of carbonyl (C=O) groups excluding carboxylic acids is 1. The van der Waals surface area contributed by atoms with Gasteiger partial charge >= 0.3 is 0 Å². The molecule has 132 valence electrons. The summed E-state index contributed by atoms with van der Waals surface area (Å²) in [6.07, 6.45) is 5.77. The minimum atomic E-state index is -0.657. The van der Waals surface area contributed by atoms with Crippen LogP contribution in [0.25, 0.3) is 5.69 Å². The third-order valence-corrected chi connectivity index (χ3v) is 5.50. The van der Waals surface area contributed by atoms with Crippen LogP contribution in [0.15, 0.2) is 24.5 Å². The Morgan fingerprint density at radius 3 is 3.00 bits per heavy atom. The fourth-order valence-corrected chi connectivity index (χ4v) is 4.08. The third-order valence-electron chi connectivity index (χ3n) is 5.50. The molecule has 1 amide bonds. The molecule has 1 N–H and O–H groups in total. The Morgan fingerprint density at radius 2 is 2.20 bits per heavy atom. The molecule has 1 aromatic carbocycles. The van der Waals surface area contributed by atoms with Crippen LogP contribution in [0.2, 0.25) is 0 Å². The lowest BCUT2D eigenvalue weighted by atomic mass is 9.71. The number of nitrogens with zero attached hydrogens (tertiary/aromatic N) is 5. The number of likely N-dealkylation sites (tertiary alicyclic amines) is 1. The summed E-state index contributed by atoms with van der Waals surface area (Å²) in [6, 6.07) is 4.00. The van der Waals surface area contributed by atoms with Crippen molar-refractivity contribution in [3.63, 3.8) is 0 Å². The number of amides is 1. The molecule has 2 atom stereocenters. The molecule has 0 spiro atoms. The molecule has 1 saturated heterocycles. The van der Waals surface area contributed by atoms with Crippen molar-refractivity contribution in [2.75, 3.05) is 13.1 Å². The zero-order valence-corrected chi connectivity index (χ0v) is 13.8. The SMILES string of the molecule is O=C(c1cc(F)ccc1-n1cnnn1)N1CC[C@@]2(O)CCCC[C@H]2C1. The number of aromatic nitrogens is 4. The van der Waals surface area contributed by atoms with Gasteiger partial charge in [-0.15, -0.1) is 5.10 Å². The molecule has 1 aliphatic heterocycles. The zero-order chi connectivity index (χ0) is 17.4. The molecule has 0 bridgehead atoms. The minimum Gasteiger partial charge on any atom is -0.389 e. The molecule has 2 aliphatic rings.